The lowest BCUT2D eigenvalue weighted by atomic mass is 9.98. The van der Waals surface area contributed by atoms with Crippen LogP contribution < -0.4 is 0 Å². The molecule has 0 N–H and O–H groups in total. The largest absolute Gasteiger partial charge is 0.256 e. The first kappa shape index (κ1) is 29.8. The minimum Gasteiger partial charge on any atom is -0.256 e. The Bertz CT molecular complexity index is 2970. The molecular formula is C48H30N4. The van der Waals surface area contributed by atoms with Crippen LogP contribution in [0.3, 0.4) is 0 Å². The Labute approximate surface area is 300 Å². The van der Waals surface area contributed by atoms with Gasteiger partial charge in [0.2, 0.25) is 0 Å². The van der Waals surface area contributed by atoms with Crippen molar-refractivity contribution in [3.05, 3.63) is 182 Å². The summed E-state index contributed by atoms with van der Waals surface area (Å²) < 4.78 is 0. The predicted molar refractivity (Wildman–Crippen MR) is 215 cm³/mol. The molecule has 4 nitrogen and oxygen atoms in total. The van der Waals surface area contributed by atoms with Crippen LogP contribution in [0.25, 0.3) is 99.5 Å². The van der Waals surface area contributed by atoms with Gasteiger partial charge >= 0.3 is 0 Å². The molecule has 0 spiro atoms. The van der Waals surface area contributed by atoms with Gasteiger partial charge in [0, 0.05) is 56.2 Å². The summed E-state index contributed by atoms with van der Waals surface area (Å²) in [4.78, 5) is 19.6. The highest BCUT2D eigenvalue weighted by atomic mass is 14.7. The monoisotopic (exact) mass is 662 g/mol. The number of hydrogen-bond acceptors (Lipinski definition) is 4. The molecule has 0 atom stereocenters. The van der Waals surface area contributed by atoms with Gasteiger partial charge in [0.25, 0.3) is 0 Å². The summed E-state index contributed by atoms with van der Waals surface area (Å²) >= 11 is 0. The Morgan fingerprint density at radius 1 is 0.288 bits per heavy atom. The summed E-state index contributed by atoms with van der Waals surface area (Å²) in [5, 5.41) is 4.47. The molecule has 0 bridgehead atoms. The van der Waals surface area contributed by atoms with Crippen LogP contribution in [-0.2, 0) is 0 Å². The van der Waals surface area contributed by atoms with E-state index in [1.807, 2.05) is 24.5 Å². The van der Waals surface area contributed by atoms with Crippen molar-refractivity contribution in [2.75, 3.05) is 0 Å². The molecule has 0 fully saturated rings. The highest BCUT2D eigenvalue weighted by Gasteiger charge is 2.11. The molecule has 4 heterocycles. The van der Waals surface area contributed by atoms with Crippen molar-refractivity contribution in [1.29, 1.82) is 0 Å². The van der Waals surface area contributed by atoms with Gasteiger partial charge in [0.15, 0.2) is 0 Å². The summed E-state index contributed by atoms with van der Waals surface area (Å²) in [5.41, 5.74) is 14.7. The van der Waals surface area contributed by atoms with E-state index in [-0.39, 0.29) is 0 Å². The van der Waals surface area contributed by atoms with Crippen molar-refractivity contribution in [2.45, 2.75) is 0 Å². The van der Waals surface area contributed by atoms with Gasteiger partial charge in [-0.15, -0.1) is 0 Å². The molecule has 0 aliphatic carbocycles. The molecule has 6 aromatic carbocycles. The number of aromatic nitrogens is 4. The van der Waals surface area contributed by atoms with Crippen LogP contribution in [0.15, 0.2) is 182 Å². The van der Waals surface area contributed by atoms with Gasteiger partial charge in [-0.2, -0.15) is 0 Å². The van der Waals surface area contributed by atoms with Gasteiger partial charge in [-0.25, -0.2) is 9.97 Å². The maximum Gasteiger partial charge on any atom is 0.0780 e. The lowest BCUT2D eigenvalue weighted by Crippen LogP contribution is -1.90. The molecule has 4 heteroatoms. The second-order valence-electron chi connectivity index (χ2n) is 13.1. The zero-order valence-electron chi connectivity index (χ0n) is 28.1. The SMILES string of the molecule is c1cc(-c2ccc3cc(-c4ccc5ccc(-c6cccc(-c7cccc8cccnc78)c6)nc5c4)ccc3n2)cc(-c2cccc3cccnc23)c1. The predicted octanol–water partition coefficient (Wildman–Crippen LogP) is 12.2. The lowest BCUT2D eigenvalue weighted by molar-refractivity contribution is 1.39. The Hall–Kier alpha value is -7.04. The van der Waals surface area contributed by atoms with Crippen LogP contribution >= 0.6 is 0 Å². The maximum atomic E-state index is 5.15. The highest BCUT2D eigenvalue weighted by Crippen LogP contribution is 2.34. The van der Waals surface area contributed by atoms with Crippen molar-refractivity contribution in [3.63, 3.8) is 0 Å². The highest BCUT2D eigenvalue weighted by molar-refractivity contribution is 5.96. The van der Waals surface area contributed by atoms with Gasteiger partial charge in [-0.3, -0.25) is 9.97 Å². The standard InChI is InChI=1S/C48H30N4/c1-9-36(41-15-3-7-32-13-5-25-49-47(32)41)28-38(11-1)43-24-21-40-27-34(20-23-45(40)51-43)35-18-17-31-19-22-44(52-46(31)30-35)39-12-2-10-37(29-39)42-16-4-8-33-14-6-26-50-48(33)42/h1-30H. The summed E-state index contributed by atoms with van der Waals surface area (Å²) in [6.45, 7) is 0. The van der Waals surface area contributed by atoms with Crippen LogP contribution in [0.2, 0.25) is 0 Å². The van der Waals surface area contributed by atoms with Gasteiger partial charge in [0.1, 0.15) is 0 Å². The molecule has 0 saturated carbocycles. The van der Waals surface area contributed by atoms with E-state index < -0.39 is 0 Å². The molecule has 52 heavy (non-hydrogen) atoms. The van der Waals surface area contributed by atoms with E-state index >= 15 is 0 Å². The minimum absolute atomic E-state index is 0.940. The number of nitrogens with zero attached hydrogens (tertiary/aromatic N) is 4. The normalized spacial score (nSPS) is 11.5. The van der Waals surface area contributed by atoms with E-state index in [1.54, 1.807) is 0 Å². The molecule has 242 valence electrons. The number of rotatable bonds is 5. The third-order valence-electron chi connectivity index (χ3n) is 9.92. The number of pyridine rings is 4. The third kappa shape index (κ3) is 5.34. The molecule has 10 rings (SSSR count). The molecule has 4 aromatic heterocycles. The smallest absolute Gasteiger partial charge is 0.0780 e. The fraction of sp³-hybridized carbons (Fsp3) is 0. The van der Waals surface area contributed by atoms with E-state index in [0.29, 0.717) is 0 Å². The Morgan fingerprint density at radius 3 is 1.44 bits per heavy atom. The first-order valence-corrected chi connectivity index (χ1v) is 17.4. The van der Waals surface area contributed by atoms with E-state index in [4.69, 9.17) is 9.97 Å². The van der Waals surface area contributed by atoms with Gasteiger partial charge < -0.3 is 0 Å². The topological polar surface area (TPSA) is 51.6 Å². The van der Waals surface area contributed by atoms with E-state index in [9.17, 15) is 0 Å². The third-order valence-corrected chi connectivity index (χ3v) is 9.92. The van der Waals surface area contributed by atoms with E-state index in [1.165, 1.54) is 0 Å². The van der Waals surface area contributed by atoms with Gasteiger partial charge in [0.05, 0.1) is 33.5 Å². The van der Waals surface area contributed by atoms with Crippen molar-refractivity contribution < 1.29 is 0 Å². The van der Waals surface area contributed by atoms with Crippen LogP contribution in [0, 0.1) is 0 Å². The Kier molecular flexibility index (Phi) is 7.10. The quantitative estimate of drug-likeness (QED) is 0.184. The van der Waals surface area contributed by atoms with Gasteiger partial charge in [-0.05, 0) is 76.9 Å². The molecule has 0 aliphatic heterocycles. The minimum atomic E-state index is 0.940. The number of hydrogen-bond donors (Lipinski definition) is 0. The number of para-hydroxylation sites is 2. The Morgan fingerprint density at radius 2 is 0.788 bits per heavy atom. The Balaban J connectivity index is 0.962. The zero-order valence-corrected chi connectivity index (χ0v) is 28.1. The van der Waals surface area contributed by atoms with Crippen molar-refractivity contribution in [1.82, 2.24) is 19.9 Å². The average Bonchev–Trinajstić information content (AvgIpc) is 3.22. The summed E-state index contributed by atoms with van der Waals surface area (Å²) in [7, 11) is 0. The first-order valence-electron chi connectivity index (χ1n) is 17.4. The summed E-state index contributed by atoms with van der Waals surface area (Å²) in [6, 6.07) is 59.5. The van der Waals surface area contributed by atoms with Crippen LogP contribution in [0.4, 0.5) is 0 Å². The summed E-state index contributed by atoms with van der Waals surface area (Å²) in [5.74, 6) is 0. The number of benzene rings is 6. The van der Waals surface area contributed by atoms with Crippen molar-refractivity contribution in [2.24, 2.45) is 0 Å². The molecule has 0 saturated heterocycles. The van der Waals surface area contributed by atoms with Crippen molar-refractivity contribution in [3.8, 4) is 55.9 Å². The molecular weight excluding hydrogens is 633 g/mol. The second kappa shape index (κ2) is 12.4. The van der Waals surface area contributed by atoms with Gasteiger partial charge in [-0.1, -0.05) is 115 Å². The first-order chi connectivity index (χ1) is 25.7. The maximum absolute atomic E-state index is 5.15. The fourth-order valence-electron chi connectivity index (χ4n) is 7.29. The number of fused-ring (bicyclic) bond motifs is 4. The fourth-order valence-corrected chi connectivity index (χ4v) is 7.29. The van der Waals surface area contributed by atoms with Crippen LogP contribution in [-0.4, -0.2) is 19.9 Å². The summed E-state index contributed by atoms with van der Waals surface area (Å²) in [6.07, 6.45) is 3.71. The average molecular weight is 663 g/mol. The zero-order chi connectivity index (χ0) is 34.4. The van der Waals surface area contributed by atoms with E-state index in [2.05, 4.69) is 168 Å². The second-order valence-corrected chi connectivity index (χ2v) is 13.1. The van der Waals surface area contributed by atoms with E-state index in [0.717, 1.165) is 99.5 Å². The van der Waals surface area contributed by atoms with Crippen LogP contribution in [0.1, 0.15) is 0 Å². The molecule has 0 aliphatic rings. The molecule has 0 radical (unpaired) electrons. The van der Waals surface area contributed by atoms with Crippen LogP contribution in [0.5, 0.6) is 0 Å². The van der Waals surface area contributed by atoms with Crippen molar-refractivity contribution >= 4 is 43.6 Å². The lowest BCUT2D eigenvalue weighted by Gasteiger charge is -2.10. The molecule has 0 amide bonds. The molecule has 0 unspecified atom stereocenters. The molecule has 10 aromatic rings.